The summed E-state index contributed by atoms with van der Waals surface area (Å²) in [5, 5.41) is 2.29. The first-order valence-electron chi connectivity index (χ1n) is 9.80. The highest BCUT2D eigenvalue weighted by molar-refractivity contribution is 5.94. The zero-order valence-electron chi connectivity index (χ0n) is 15.6. The Bertz CT molecular complexity index is 904. The Morgan fingerprint density at radius 2 is 1.52 bits per heavy atom. The first-order chi connectivity index (χ1) is 13.3. The van der Waals surface area contributed by atoms with Crippen molar-refractivity contribution in [2.75, 3.05) is 13.1 Å². The SMILES string of the molecule is O=C(c1ccc(COc2cccc3ccccc23)cc1)N1CCCCCC1. The average Bonchev–Trinajstić information content (AvgIpc) is 3.02. The van der Waals surface area contributed by atoms with E-state index < -0.39 is 0 Å². The number of hydrogen-bond donors (Lipinski definition) is 0. The highest BCUT2D eigenvalue weighted by atomic mass is 16.5. The van der Waals surface area contributed by atoms with Gasteiger partial charge in [-0.15, -0.1) is 0 Å². The van der Waals surface area contributed by atoms with Crippen LogP contribution in [0, 0.1) is 0 Å². The average molecular weight is 359 g/mol. The number of carbonyl (C=O) groups excluding carboxylic acids is 1. The van der Waals surface area contributed by atoms with Gasteiger partial charge in [0.25, 0.3) is 5.91 Å². The molecule has 0 aliphatic carbocycles. The van der Waals surface area contributed by atoms with Crippen LogP contribution in [0.3, 0.4) is 0 Å². The third-order valence-corrected chi connectivity index (χ3v) is 5.24. The number of rotatable bonds is 4. The van der Waals surface area contributed by atoms with Gasteiger partial charge in [-0.25, -0.2) is 0 Å². The number of amides is 1. The van der Waals surface area contributed by atoms with E-state index in [4.69, 9.17) is 4.74 Å². The normalized spacial score (nSPS) is 14.7. The van der Waals surface area contributed by atoms with Crippen molar-refractivity contribution in [2.45, 2.75) is 32.3 Å². The highest BCUT2D eigenvalue weighted by Gasteiger charge is 2.17. The molecule has 1 heterocycles. The maximum absolute atomic E-state index is 12.7. The summed E-state index contributed by atoms with van der Waals surface area (Å²) in [5.41, 5.74) is 1.83. The van der Waals surface area contributed by atoms with Crippen molar-refractivity contribution >= 4 is 16.7 Å². The summed E-state index contributed by atoms with van der Waals surface area (Å²) in [5.74, 6) is 1.04. The Morgan fingerprint density at radius 3 is 2.30 bits per heavy atom. The minimum Gasteiger partial charge on any atom is -0.488 e. The molecule has 0 spiro atoms. The van der Waals surface area contributed by atoms with Gasteiger partial charge >= 0.3 is 0 Å². The van der Waals surface area contributed by atoms with Crippen molar-refractivity contribution in [1.82, 2.24) is 4.90 Å². The molecule has 0 atom stereocenters. The molecule has 0 aromatic heterocycles. The monoisotopic (exact) mass is 359 g/mol. The summed E-state index contributed by atoms with van der Waals surface area (Å²) in [7, 11) is 0. The molecule has 1 aliphatic rings. The van der Waals surface area contributed by atoms with Crippen LogP contribution in [0.2, 0.25) is 0 Å². The molecule has 1 saturated heterocycles. The molecule has 0 radical (unpaired) electrons. The number of hydrogen-bond acceptors (Lipinski definition) is 2. The number of likely N-dealkylation sites (tertiary alicyclic amines) is 1. The van der Waals surface area contributed by atoms with Crippen molar-refractivity contribution in [3.05, 3.63) is 77.9 Å². The van der Waals surface area contributed by atoms with Crippen molar-refractivity contribution in [3.8, 4) is 5.75 Å². The molecular formula is C24H25NO2. The van der Waals surface area contributed by atoms with Gasteiger partial charge in [0, 0.05) is 24.0 Å². The summed E-state index contributed by atoms with van der Waals surface area (Å²) in [6.07, 6.45) is 4.69. The van der Waals surface area contributed by atoms with Gasteiger partial charge in [-0.2, -0.15) is 0 Å². The van der Waals surface area contributed by atoms with Crippen LogP contribution < -0.4 is 4.74 Å². The molecule has 0 N–H and O–H groups in total. The smallest absolute Gasteiger partial charge is 0.253 e. The largest absolute Gasteiger partial charge is 0.488 e. The van der Waals surface area contributed by atoms with Gasteiger partial charge in [-0.1, -0.05) is 61.4 Å². The topological polar surface area (TPSA) is 29.5 Å². The Labute approximate surface area is 160 Å². The Hall–Kier alpha value is -2.81. The van der Waals surface area contributed by atoms with Crippen molar-refractivity contribution in [3.63, 3.8) is 0 Å². The predicted molar refractivity (Wildman–Crippen MR) is 109 cm³/mol. The zero-order valence-corrected chi connectivity index (χ0v) is 15.6. The van der Waals surface area contributed by atoms with Crippen LogP contribution in [-0.4, -0.2) is 23.9 Å². The van der Waals surface area contributed by atoms with E-state index in [1.54, 1.807) is 0 Å². The molecule has 27 heavy (non-hydrogen) atoms. The molecule has 3 aromatic rings. The van der Waals surface area contributed by atoms with Crippen molar-refractivity contribution < 1.29 is 9.53 Å². The van der Waals surface area contributed by atoms with Crippen LogP contribution in [0.25, 0.3) is 10.8 Å². The van der Waals surface area contributed by atoms with Gasteiger partial charge in [0.2, 0.25) is 0 Å². The van der Waals surface area contributed by atoms with Gasteiger partial charge in [0.1, 0.15) is 12.4 Å². The lowest BCUT2D eigenvalue weighted by atomic mass is 10.1. The third kappa shape index (κ3) is 4.13. The van der Waals surface area contributed by atoms with E-state index in [0.29, 0.717) is 6.61 Å². The second-order valence-corrected chi connectivity index (χ2v) is 7.17. The van der Waals surface area contributed by atoms with E-state index in [0.717, 1.165) is 48.2 Å². The Kier molecular flexibility index (Phi) is 5.38. The number of fused-ring (bicyclic) bond motifs is 1. The van der Waals surface area contributed by atoms with Crippen LogP contribution >= 0.6 is 0 Å². The fraction of sp³-hybridized carbons (Fsp3) is 0.292. The van der Waals surface area contributed by atoms with Crippen LogP contribution in [0.15, 0.2) is 66.7 Å². The third-order valence-electron chi connectivity index (χ3n) is 5.24. The molecule has 4 rings (SSSR count). The zero-order chi connectivity index (χ0) is 18.5. The second-order valence-electron chi connectivity index (χ2n) is 7.17. The second kappa shape index (κ2) is 8.26. The molecule has 1 amide bonds. The Morgan fingerprint density at radius 1 is 0.815 bits per heavy atom. The van der Waals surface area contributed by atoms with Gasteiger partial charge in [-0.3, -0.25) is 4.79 Å². The first kappa shape index (κ1) is 17.6. The van der Waals surface area contributed by atoms with E-state index in [1.807, 2.05) is 53.4 Å². The molecule has 0 saturated carbocycles. The lowest BCUT2D eigenvalue weighted by molar-refractivity contribution is 0.0761. The highest BCUT2D eigenvalue weighted by Crippen LogP contribution is 2.26. The fourth-order valence-corrected chi connectivity index (χ4v) is 3.68. The molecule has 0 bridgehead atoms. The summed E-state index contributed by atoms with van der Waals surface area (Å²) in [6, 6.07) is 22.2. The molecule has 0 unspecified atom stereocenters. The molecule has 3 aromatic carbocycles. The number of benzene rings is 3. The minimum absolute atomic E-state index is 0.151. The summed E-state index contributed by atoms with van der Waals surface area (Å²) >= 11 is 0. The quantitative estimate of drug-likeness (QED) is 0.621. The van der Waals surface area contributed by atoms with Gasteiger partial charge < -0.3 is 9.64 Å². The molecule has 1 fully saturated rings. The number of ether oxygens (including phenoxy) is 1. The fourth-order valence-electron chi connectivity index (χ4n) is 3.68. The number of nitrogens with zero attached hydrogens (tertiary/aromatic N) is 1. The number of carbonyl (C=O) groups is 1. The lowest BCUT2D eigenvalue weighted by Crippen LogP contribution is -2.31. The summed E-state index contributed by atoms with van der Waals surface area (Å²) in [6.45, 7) is 2.25. The molecule has 1 aliphatic heterocycles. The molecule has 3 heteroatoms. The van der Waals surface area contributed by atoms with Crippen LogP contribution in [0.1, 0.15) is 41.6 Å². The first-order valence-corrected chi connectivity index (χ1v) is 9.80. The van der Waals surface area contributed by atoms with Crippen molar-refractivity contribution in [1.29, 1.82) is 0 Å². The van der Waals surface area contributed by atoms with Gasteiger partial charge in [0.15, 0.2) is 0 Å². The van der Waals surface area contributed by atoms with Crippen LogP contribution in [-0.2, 0) is 6.61 Å². The molecular weight excluding hydrogens is 334 g/mol. The maximum Gasteiger partial charge on any atom is 0.253 e. The Balaban J connectivity index is 1.42. The predicted octanol–water partition coefficient (Wildman–Crippen LogP) is 5.44. The summed E-state index contributed by atoms with van der Waals surface area (Å²) < 4.78 is 6.04. The van der Waals surface area contributed by atoms with E-state index in [-0.39, 0.29) is 5.91 Å². The van der Waals surface area contributed by atoms with Crippen LogP contribution in [0.5, 0.6) is 5.75 Å². The van der Waals surface area contributed by atoms with Crippen LogP contribution in [0.4, 0.5) is 0 Å². The maximum atomic E-state index is 12.7. The van der Waals surface area contributed by atoms with E-state index in [9.17, 15) is 4.79 Å². The summed E-state index contributed by atoms with van der Waals surface area (Å²) in [4.78, 5) is 14.7. The van der Waals surface area contributed by atoms with E-state index >= 15 is 0 Å². The van der Waals surface area contributed by atoms with Gasteiger partial charge in [0.05, 0.1) is 0 Å². The lowest BCUT2D eigenvalue weighted by Gasteiger charge is -2.20. The van der Waals surface area contributed by atoms with E-state index in [2.05, 4.69) is 18.2 Å². The van der Waals surface area contributed by atoms with Crippen molar-refractivity contribution in [2.24, 2.45) is 0 Å². The standard InChI is InChI=1S/C24H25NO2/c26-24(25-16-5-1-2-6-17-25)21-14-12-19(13-15-21)18-27-23-11-7-9-20-8-3-4-10-22(20)23/h3-4,7-15H,1-2,5-6,16-18H2. The van der Waals surface area contributed by atoms with Gasteiger partial charge in [-0.05, 0) is 42.0 Å². The molecule has 3 nitrogen and oxygen atoms in total. The minimum atomic E-state index is 0.151. The van der Waals surface area contributed by atoms with E-state index in [1.165, 1.54) is 18.2 Å². The molecule has 138 valence electrons.